The van der Waals surface area contributed by atoms with Crippen LogP contribution in [0.2, 0.25) is 0 Å². The average molecular weight is 793 g/mol. The van der Waals surface area contributed by atoms with Gasteiger partial charge in [0.15, 0.2) is 0 Å². The second kappa shape index (κ2) is 14.5. The molecule has 0 aliphatic heterocycles. The Morgan fingerprint density at radius 1 is 0.403 bits per heavy atom. The summed E-state index contributed by atoms with van der Waals surface area (Å²) >= 11 is 0. The van der Waals surface area contributed by atoms with Gasteiger partial charge in [0.25, 0.3) is 0 Å². The molecule has 0 saturated carbocycles. The van der Waals surface area contributed by atoms with Crippen LogP contribution in [0, 0.1) is 5.41 Å². The number of hydrogen-bond acceptors (Lipinski definition) is 2. The quantitative estimate of drug-likeness (QED) is 0.148. The van der Waals surface area contributed by atoms with Crippen molar-refractivity contribution < 1.29 is 0 Å². The van der Waals surface area contributed by atoms with Gasteiger partial charge in [-0.1, -0.05) is 158 Å². The third kappa shape index (κ3) is 5.88. The van der Waals surface area contributed by atoms with Gasteiger partial charge in [0.2, 0.25) is 0 Å². The van der Waals surface area contributed by atoms with Gasteiger partial charge in [-0.15, -0.1) is 0 Å². The van der Waals surface area contributed by atoms with Crippen molar-refractivity contribution in [3.8, 4) is 22.5 Å². The van der Waals surface area contributed by atoms with Gasteiger partial charge in [-0.3, -0.25) is 5.41 Å². The summed E-state index contributed by atoms with van der Waals surface area (Å²) in [5, 5.41) is 22.9. The molecule has 0 fully saturated rings. The van der Waals surface area contributed by atoms with Crippen LogP contribution >= 0.6 is 0 Å². The van der Waals surface area contributed by atoms with Crippen molar-refractivity contribution >= 4 is 76.6 Å². The van der Waals surface area contributed by atoms with Gasteiger partial charge in [-0.25, -0.2) is 0 Å². The monoisotopic (exact) mass is 792 g/mol. The number of hydrogen-bond donors (Lipinski definition) is 2. The third-order valence-electron chi connectivity index (χ3n) is 12.6. The van der Waals surface area contributed by atoms with Crippen LogP contribution in [0.4, 0.5) is 5.69 Å². The molecule has 292 valence electrons. The van der Waals surface area contributed by atoms with Crippen LogP contribution in [0.25, 0.3) is 87.7 Å². The van der Waals surface area contributed by atoms with E-state index in [1.165, 1.54) is 70.7 Å². The van der Waals surface area contributed by atoms with Crippen LogP contribution in [-0.2, 0) is 6.54 Å². The van der Waals surface area contributed by atoms with E-state index < -0.39 is 0 Å². The van der Waals surface area contributed by atoms with Crippen molar-refractivity contribution in [1.29, 1.82) is 5.41 Å². The molecular formula is C58H40N4. The lowest BCUT2D eigenvalue weighted by molar-refractivity contribution is 1.12. The third-order valence-corrected chi connectivity index (χ3v) is 12.6. The topological polar surface area (TPSA) is 45.7 Å². The first-order chi connectivity index (χ1) is 30.7. The molecule has 0 saturated heterocycles. The Bertz CT molecular complexity index is 3690. The molecule has 0 unspecified atom stereocenters. The second-order valence-electron chi connectivity index (χ2n) is 16.2. The number of fused-ring (bicyclic) bond motifs is 9. The van der Waals surface area contributed by atoms with Gasteiger partial charge in [0, 0.05) is 56.3 Å². The standard InChI is InChI=1S/C58H40N4/c59-58(42-27-24-40(25-28-42)44-29-26-39-12-4-5-14-43(39)34-44)49-19-8-10-20-52(49)60-37-38-22-31-46(32-23-38)61-53-21-11-9-18-48(53)50-35-51-56(36-55(50)61)62(45-15-2-1-3-16-45)54-33-30-41-13-6-7-17-47(41)57(51)54/h1-36,59-60H,37H2. The van der Waals surface area contributed by atoms with E-state index in [1.807, 2.05) is 18.2 Å². The molecule has 4 nitrogen and oxygen atoms in total. The summed E-state index contributed by atoms with van der Waals surface area (Å²) in [4.78, 5) is 0. The van der Waals surface area contributed by atoms with E-state index in [2.05, 4.69) is 215 Å². The molecule has 0 aliphatic carbocycles. The maximum atomic E-state index is 9.25. The Labute approximate surface area is 359 Å². The SMILES string of the molecule is N=C(c1ccc(-c2ccc3ccccc3c2)cc1)c1ccccc1NCc1ccc(-n2c3ccccc3c3cc4c5c6ccccc6ccc5n(-c5ccccc5)c4cc32)cc1. The fourth-order valence-electron chi connectivity index (χ4n) is 9.55. The van der Waals surface area contributed by atoms with Crippen LogP contribution in [0.1, 0.15) is 16.7 Å². The number of benzene rings is 10. The molecule has 0 aliphatic rings. The highest BCUT2D eigenvalue weighted by Gasteiger charge is 2.20. The lowest BCUT2D eigenvalue weighted by Crippen LogP contribution is -2.08. The maximum Gasteiger partial charge on any atom is 0.0705 e. The van der Waals surface area contributed by atoms with Gasteiger partial charge in [0.05, 0.1) is 27.8 Å². The zero-order valence-corrected chi connectivity index (χ0v) is 33.9. The highest BCUT2D eigenvalue weighted by atomic mass is 15.0. The number of nitrogens with one attached hydrogen (secondary N) is 2. The van der Waals surface area contributed by atoms with E-state index in [1.54, 1.807) is 0 Å². The molecule has 2 aromatic heterocycles. The van der Waals surface area contributed by atoms with Crippen molar-refractivity contribution in [3.63, 3.8) is 0 Å². The Kier molecular flexibility index (Phi) is 8.36. The number of nitrogens with zero attached hydrogens (tertiary/aromatic N) is 2. The Morgan fingerprint density at radius 2 is 1.03 bits per heavy atom. The lowest BCUT2D eigenvalue weighted by Gasteiger charge is -2.14. The van der Waals surface area contributed by atoms with E-state index in [4.69, 9.17) is 0 Å². The molecule has 12 aromatic rings. The molecule has 0 bridgehead atoms. The first-order valence-electron chi connectivity index (χ1n) is 21.2. The Balaban J connectivity index is 0.873. The summed E-state index contributed by atoms with van der Waals surface area (Å²) in [5.41, 5.74) is 13.7. The summed E-state index contributed by atoms with van der Waals surface area (Å²) in [6.45, 7) is 0.629. The molecule has 0 atom stereocenters. The zero-order valence-electron chi connectivity index (χ0n) is 33.9. The van der Waals surface area contributed by atoms with Crippen molar-refractivity contribution in [2.45, 2.75) is 6.54 Å². The fraction of sp³-hybridized carbons (Fsp3) is 0.0172. The Hall–Kier alpha value is -8.21. The summed E-state index contributed by atoms with van der Waals surface area (Å²) in [5.74, 6) is 0. The highest BCUT2D eigenvalue weighted by Crippen LogP contribution is 2.42. The van der Waals surface area contributed by atoms with Crippen LogP contribution in [0.15, 0.2) is 218 Å². The molecule has 0 amide bonds. The summed E-state index contributed by atoms with van der Waals surface area (Å²) in [6, 6.07) is 78.0. The van der Waals surface area contributed by atoms with Crippen molar-refractivity contribution in [2.75, 3.05) is 5.32 Å². The Morgan fingerprint density at radius 3 is 1.87 bits per heavy atom. The smallest absolute Gasteiger partial charge is 0.0705 e. The van der Waals surface area contributed by atoms with Crippen LogP contribution in [0.5, 0.6) is 0 Å². The first kappa shape index (κ1) is 35.7. The highest BCUT2D eigenvalue weighted by molar-refractivity contribution is 6.25. The van der Waals surface area contributed by atoms with Gasteiger partial charge < -0.3 is 14.5 Å². The van der Waals surface area contributed by atoms with Crippen LogP contribution in [0.3, 0.4) is 0 Å². The summed E-state index contributed by atoms with van der Waals surface area (Å²) in [6.07, 6.45) is 0. The normalized spacial score (nSPS) is 11.7. The molecule has 4 heteroatoms. The molecule has 62 heavy (non-hydrogen) atoms. The number of para-hydroxylation sites is 3. The minimum atomic E-state index is 0.494. The fourth-order valence-corrected chi connectivity index (χ4v) is 9.55. The molecule has 2 heterocycles. The van der Waals surface area contributed by atoms with E-state index in [-0.39, 0.29) is 0 Å². The molecule has 0 spiro atoms. The van der Waals surface area contributed by atoms with Gasteiger partial charge >= 0.3 is 0 Å². The lowest BCUT2D eigenvalue weighted by atomic mass is 9.96. The van der Waals surface area contributed by atoms with Crippen molar-refractivity contribution in [3.05, 3.63) is 235 Å². The van der Waals surface area contributed by atoms with E-state index in [9.17, 15) is 5.41 Å². The first-order valence-corrected chi connectivity index (χ1v) is 21.2. The average Bonchev–Trinajstić information content (AvgIpc) is 3.85. The number of aromatic nitrogens is 2. The van der Waals surface area contributed by atoms with E-state index in [0.29, 0.717) is 12.3 Å². The maximum absolute atomic E-state index is 9.25. The molecule has 12 rings (SSSR count). The number of anilines is 1. The van der Waals surface area contributed by atoms with Crippen LogP contribution < -0.4 is 5.32 Å². The molecule has 10 aromatic carbocycles. The zero-order chi connectivity index (χ0) is 41.1. The van der Waals surface area contributed by atoms with E-state index in [0.717, 1.165) is 39.3 Å². The predicted molar refractivity (Wildman–Crippen MR) is 262 cm³/mol. The van der Waals surface area contributed by atoms with Crippen molar-refractivity contribution in [1.82, 2.24) is 9.13 Å². The number of rotatable bonds is 8. The van der Waals surface area contributed by atoms with Gasteiger partial charge in [0.1, 0.15) is 0 Å². The summed E-state index contributed by atoms with van der Waals surface area (Å²) in [7, 11) is 0. The largest absolute Gasteiger partial charge is 0.380 e. The molecular weight excluding hydrogens is 753 g/mol. The van der Waals surface area contributed by atoms with Crippen LogP contribution in [-0.4, -0.2) is 14.8 Å². The van der Waals surface area contributed by atoms with Gasteiger partial charge in [-0.05, 0) is 98.9 Å². The molecule has 0 radical (unpaired) electrons. The minimum absolute atomic E-state index is 0.494. The second-order valence-corrected chi connectivity index (χ2v) is 16.2. The molecule has 2 N–H and O–H groups in total. The summed E-state index contributed by atoms with van der Waals surface area (Å²) < 4.78 is 4.83. The van der Waals surface area contributed by atoms with E-state index >= 15 is 0 Å². The van der Waals surface area contributed by atoms with Gasteiger partial charge in [-0.2, -0.15) is 0 Å². The predicted octanol–water partition coefficient (Wildman–Crippen LogP) is 14.9. The minimum Gasteiger partial charge on any atom is -0.380 e. The van der Waals surface area contributed by atoms with Crippen molar-refractivity contribution in [2.24, 2.45) is 0 Å².